The topological polar surface area (TPSA) is 29.1 Å². The highest BCUT2D eigenvalue weighted by molar-refractivity contribution is 8.00. The summed E-state index contributed by atoms with van der Waals surface area (Å²) in [7, 11) is 0. The van der Waals surface area contributed by atoms with Crippen molar-refractivity contribution >= 4 is 17.7 Å². The van der Waals surface area contributed by atoms with Gasteiger partial charge in [0.2, 0.25) is 5.91 Å². The highest BCUT2D eigenvalue weighted by Crippen LogP contribution is 2.25. The first kappa shape index (κ1) is 17.5. The summed E-state index contributed by atoms with van der Waals surface area (Å²) in [6.45, 7) is 4.32. The van der Waals surface area contributed by atoms with Gasteiger partial charge in [-0.25, -0.2) is 8.78 Å². The van der Waals surface area contributed by atoms with Gasteiger partial charge in [0, 0.05) is 11.4 Å². The molecular formula is C18H19F2NOS. The Morgan fingerprint density at radius 2 is 1.78 bits per heavy atom. The third-order valence-electron chi connectivity index (χ3n) is 3.52. The summed E-state index contributed by atoms with van der Waals surface area (Å²) in [5, 5.41) is 2.51. The lowest BCUT2D eigenvalue weighted by Crippen LogP contribution is -2.33. The molecule has 1 N–H and O–H groups in total. The Hall–Kier alpha value is -1.88. The van der Waals surface area contributed by atoms with Gasteiger partial charge in [0.05, 0.1) is 5.25 Å². The highest BCUT2D eigenvalue weighted by atomic mass is 32.2. The molecule has 0 aliphatic rings. The van der Waals surface area contributed by atoms with Crippen LogP contribution in [-0.2, 0) is 4.79 Å². The molecule has 0 unspecified atom stereocenters. The van der Waals surface area contributed by atoms with Crippen LogP contribution in [0.1, 0.15) is 25.3 Å². The van der Waals surface area contributed by atoms with E-state index in [1.165, 1.54) is 17.8 Å². The Morgan fingerprint density at radius 1 is 1.09 bits per heavy atom. The quantitative estimate of drug-likeness (QED) is 0.795. The van der Waals surface area contributed by atoms with Crippen LogP contribution in [-0.4, -0.2) is 17.7 Å². The zero-order chi connectivity index (χ0) is 16.8. The smallest absolute Gasteiger partial charge is 0.233 e. The number of hydrogen-bond donors (Lipinski definition) is 1. The minimum atomic E-state index is -0.902. The fourth-order valence-corrected chi connectivity index (χ4v) is 3.02. The number of hydrogen-bond acceptors (Lipinski definition) is 2. The van der Waals surface area contributed by atoms with Crippen molar-refractivity contribution in [2.24, 2.45) is 0 Å². The van der Waals surface area contributed by atoms with Crippen molar-refractivity contribution < 1.29 is 13.6 Å². The van der Waals surface area contributed by atoms with E-state index >= 15 is 0 Å². The molecule has 23 heavy (non-hydrogen) atoms. The second-order valence-corrected chi connectivity index (χ2v) is 6.81. The third-order valence-corrected chi connectivity index (χ3v) is 4.62. The van der Waals surface area contributed by atoms with E-state index in [-0.39, 0.29) is 17.1 Å². The lowest BCUT2D eigenvalue weighted by molar-refractivity contribution is -0.120. The molecule has 0 saturated heterocycles. The monoisotopic (exact) mass is 335 g/mol. The molecule has 0 bridgehead atoms. The predicted molar refractivity (Wildman–Crippen MR) is 89.5 cm³/mol. The average molecular weight is 335 g/mol. The van der Waals surface area contributed by atoms with Gasteiger partial charge in [-0.05, 0) is 36.6 Å². The van der Waals surface area contributed by atoms with Crippen LogP contribution in [0.15, 0.2) is 53.4 Å². The van der Waals surface area contributed by atoms with Gasteiger partial charge >= 0.3 is 0 Å². The Bertz CT molecular complexity index is 663. The van der Waals surface area contributed by atoms with Crippen molar-refractivity contribution in [2.45, 2.75) is 29.9 Å². The summed E-state index contributed by atoms with van der Waals surface area (Å²) in [5.74, 6) is -1.70. The van der Waals surface area contributed by atoms with Gasteiger partial charge < -0.3 is 5.32 Å². The van der Waals surface area contributed by atoms with Crippen molar-refractivity contribution in [1.82, 2.24) is 5.32 Å². The maximum Gasteiger partial charge on any atom is 0.233 e. The zero-order valence-corrected chi connectivity index (χ0v) is 13.9. The standard InChI is InChI=1S/C18H19F2NOS/c1-12(14-6-4-3-5-7-14)11-21-18(22)13(2)23-15-8-9-16(19)17(20)10-15/h3-10,12-13H,11H2,1-2H3,(H,21,22)/t12-,13-/m1/s1. The minimum Gasteiger partial charge on any atom is -0.355 e. The fraction of sp³-hybridized carbons (Fsp3) is 0.278. The van der Waals surface area contributed by atoms with E-state index in [1.54, 1.807) is 6.92 Å². The van der Waals surface area contributed by atoms with Crippen molar-refractivity contribution in [1.29, 1.82) is 0 Å². The number of carbonyl (C=O) groups is 1. The molecule has 2 nitrogen and oxygen atoms in total. The van der Waals surface area contributed by atoms with Crippen LogP contribution in [0.2, 0.25) is 0 Å². The van der Waals surface area contributed by atoms with E-state index in [0.717, 1.165) is 17.7 Å². The first-order chi connectivity index (χ1) is 11.0. The number of carbonyl (C=O) groups excluding carboxylic acids is 1. The lowest BCUT2D eigenvalue weighted by Gasteiger charge is -2.16. The molecule has 2 rings (SSSR count). The van der Waals surface area contributed by atoms with Gasteiger partial charge in [-0.1, -0.05) is 37.3 Å². The Kier molecular flexibility index (Phi) is 6.16. The molecule has 5 heteroatoms. The first-order valence-corrected chi connectivity index (χ1v) is 8.29. The van der Waals surface area contributed by atoms with Crippen LogP contribution >= 0.6 is 11.8 Å². The summed E-state index contributed by atoms with van der Waals surface area (Å²) >= 11 is 1.20. The molecular weight excluding hydrogens is 316 g/mol. The predicted octanol–water partition coefficient (Wildman–Crippen LogP) is 4.37. The van der Waals surface area contributed by atoms with E-state index < -0.39 is 11.6 Å². The van der Waals surface area contributed by atoms with E-state index in [0.29, 0.717) is 11.4 Å². The molecule has 0 aliphatic heterocycles. The zero-order valence-electron chi connectivity index (χ0n) is 13.1. The molecule has 0 saturated carbocycles. The van der Waals surface area contributed by atoms with Crippen molar-refractivity contribution in [3.05, 3.63) is 65.7 Å². The maximum atomic E-state index is 13.2. The summed E-state index contributed by atoms with van der Waals surface area (Å²) in [4.78, 5) is 12.7. The molecule has 0 spiro atoms. The van der Waals surface area contributed by atoms with E-state index in [9.17, 15) is 13.6 Å². The number of thioether (sulfide) groups is 1. The van der Waals surface area contributed by atoms with Gasteiger partial charge in [-0.3, -0.25) is 4.79 Å². The molecule has 0 aliphatic carbocycles. The SMILES string of the molecule is C[C@H](CNC(=O)[C@@H](C)Sc1ccc(F)c(F)c1)c1ccccc1. The number of rotatable bonds is 6. The molecule has 2 atom stereocenters. The number of nitrogens with one attached hydrogen (secondary N) is 1. The van der Waals surface area contributed by atoms with Crippen LogP contribution in [0, 0.1) is 11.6 Å². The Morgan fingerprint density at radius 3 is 2.43 bits per heavy atom. The molecule has 0 heterocycles. The van der Waals surface area contributed by atoms with Crippen LogP contribution in [0.5, 0.6) is 0 Å². The normalized spacial score (nSPS) is 13.4. The van der Waals surface area contributed by atoms with Gasteiger partial charge in [0.15, 0.2) is 11.6 Å². The molecule has 0 fully saturated rings. The average Bonchev–Trinajstić information content (AvgIpc) is 2.56. The minimum absolute atomic E-state index is 0.123. The van der Waals surface area contributed by atoms with Crippen molar-refractivity contribution in [2.75, 3.05) is 6.54 Å². The first-order valence-electron chi connectivity index (χ1n) is 7.41. The second kappa shape index (κ2) is 8.11. The fourth-order valence-electron chi connectivity index (χ4n) is 2.10. The summed E-state index contributed by atoms with van der Waals surface area (Å²) in [5.41, 5.74) is 1.16. The maximum absolute atomic E-state index is 13.2. The highest BCUT2D eigenvalue weighted by Gasteiger charge is 2.16. The van der Waals surface area contributed by atoms with Gasteiger partial charge in [0.25, 0.3) is 0 Å². The van der Waals surface area contributed by atoms with Gasteiger partial charge in [-0.15, -0.1) is 11.8 Å². The molecule has 1 amide bonds. The summed E-state index contributed by atoms with van der Waals surface area (Å²) in [6, 6.07) is 13.6. The van der Waals surface area contributed by atoms with Gasteiger partial charge in [0.1, 0.15) is 0 Å². The van der Waals surface area contributed by atoms with Crippen LogP contribution in [0.4, 0.5) is 8.78 Å². The van der Waals surface area contributed by atoms with E-state index in [2.05, 4.69) is 5.32 Å². The van der Waals surface area contributed by atoms with Crippen LogP contribution in [0.25, 0.3) is 0 Å². The van der Waals surface area contributed by atoms with E-state index in [1.807, 2.05) is 37.3 Å². The lowest BCUT2D eigenvalue weighted by atomic mass is 10.0. The molecule has 2 aromatic carbocycles. The third kappa shape index (κ3) is 5.06. The van der Waals surface area contributed by atoms with Crippen LogP contribution < -0.4 is 5.32 Å². The van der Waals surface area contributed by atoms with Crippen molar-refractivity contribution in [3.8, 4) is 0 Å². The summed E-state index contributed by atoms with van der Waals surface area (Å²) < 4.78 is 26.1. The largest absolute Gasteiger partial charge is 0.355 e. The Labute approximate surface area is 139 Å². The van der Waals surface area contributed by atoms with Gasteiger partial charge in [-0.2, -0.15) is 0 Å². The number of amides is 1. The Balaban J connectivity index is 1.86. The molecule has 122 valence electrons. The molecule has 2 aromatic rings. The molecule has 0 radical (unpaired) electrons. The second-order valence-electron chi connectivity index (χ2n) is 5.39. The van der Waals surface area contributed by atoms with Crippen LogP contribution in [0.3, 0.4) is 0 Å². The number of benzene rings is 2. The van der Waals surface area contributed by atoms with Crippen molar-refractivity contribution in [3.63, 3.8) is 0 Å². The number of halogens is 2. The summed E-state index contributed by atoms with van der Waals surface area (Å²) in [6.07, 6.45) is 0. The van der Waals surface area contributed by atoms with E-state index in [4.69, 9.17) is 0 Å². The molecule has 0 aromatic heterocycles.